The lowest BCUT2D eigenvalue weighted by Crippen LogP contribution is -2.13. The lowest BCUT2D eigenvalue weighted by Gasteiger charge is -2.15. The van der Waals surface area contributed by atoms with Gasteiger partial charge in [-0.2, -0.15) is 0 Å². The van der Waals surface area contributed by atoms with Gasteiger partial charge in [-0.25, -0.2) is 0 Å². The zero-order valence-electron chi connectivity index (χ0n) is 13.4. The van der Waals surface area contributed by atoms with Gasteiger partial charge in [0, 0.05) is 23.1 Å². The molecule has 0 atom stereocenters. The Balaban J connectivity index is 3.94. The van der Waals surface area contributed by atoms with Crippen LogP contribution in [0.2, 0.25) is 0 Å². The van der Waals surface area contributed by atoms with Crippen LogP contribution in [-0.4, -0.2) is 15.6 Å². The molecule has 0 unspecified atom stereocenters. The van der Waals surface area contributed by atoms with E-state index in [1.165, 1.54) is 13.8 Å². The van der Waals surface area contributed by atoms with Crippen molar-refractivity contribution in [2.75, 3.05) is 0 Å². The highest BCUT2D eigenvalue weighted by Crippen LogP contribution is 2.39. The number of nitro groups is 2. The smallest absolute Gasteiger partial charge is 0.283 e. The molecular formula is C15H20N2O5. The molecule has 0 aromatic heterocycles. The van der Waals surface area contributed by atoms with Gasteiger partial charge in [-0.15, -0.1) is 0 Å². The molecule has 0 aliphatic heterocycles. The number of nitrogens with zero attached hydrogens (tertiary/aromatic N) is 2. The van der Waals surface area contributed by atoms with E-state index >= 15 is 0 Å². The number of hydrogen-bond donors (Lipinski definition) is 0. The topological polar surface area (TPSA) is 103 Å². The van der Waals surface area contributed by atoms with Crippen molar-refractivity contribution in [3.05, 3.63) is 42.5 Å². The lowest BCUT2D eigenvalue weighted by molar-refractivity contribution is -0.396. The molecule has 7 heteroatoms. The lowest BCUT2D eigenvalue weighted by atomic mass is 9.88. The summed E-state index contributed by atoms with van der Waals surface area (Å²) in [6.07, 6.45) is 0.356. The van der Waals surface area contributed by atoms with Crippen LogP contribution in [0, 0.1) is 40.0 Å². The Bertz CT molecular complexity index is 609. The summed E-state index contributed by atoms with van der Waals surface area (Å²) in [4.78, 5) is 33.7. The molecule has 0 N–H and O–H groups in total. The minimum atomic E-state index is -0.619. The quantitative estimate of drug-likeness (QED) is 0.450. The van der Waals surface area contributed by atoms with E-state index in [9.17, 15) is 25.0 Å². The van der Waals surface area contributed by atoms with Crippen LogP contribution < -0.4 is 0 Å². The molecule has 0 heterocycles. The molecule has 0 saturated heterocycles. The molecule has 1 aromatic carbocycles. The zero-order valence-corrected chi connectivity index (χ0v) is 13.4. The zero-order chi connectivity index (χ0) is 17.2. The van der Waals surface area contributed by atoms with Crippen molar-refractivity contribution in [3.63, 3.8) is 0 Å². The van der Waals surface area contributed by atoms with Gasteiger partial charge in [-0.3, -0.25) is 25.0 Å². The van der Waals surface area contributed by atoms with Gasteiger partial charge in [0.05, 0.1) is 9.85 Å². The van der Waals surface area contributed by atoms with Crippen molar-refractivity contribution in [1.82, 2.24) is 0 Å². The Morgan fingerprint density at radius 1 is 1.05 bits per heavy atom. The highest BCUT2D eigenvalue weighted by Gasteiger charge is 2.34. The van der Waals surface area contributed by atoms with E-state index in [1.807, 2.05) is 13.8 Å². The molecule has 0 amide bonds. The largest absolute Gasteiger partial charge is 0.294 e. The minimum absolute atomic E-state index is 0.0175. The molecule has 0 fully saturated rings. The number of nitro benzene ring substituents is 2. The number of benzene rings is 1. The van der Waals surface area contributed by atoms with Gasteiger partial charge in [-0.05, 0) is 26.2 Å². The van der Waals surface area contributed by atoms with Crippen LogP contribution in [0.5, 0.6) is 0 Å². The molecule has 0 bridgehead atoms. The number of carbonyl (C=O) groups is 1. The summed E-state index contributed by atoms with van der Waals surface area (Å²) in [5, 5.41) is 22.9. The molecule has 22 heavy (non-hydrogen) atoms. The summed E-state index contributed by atoms with van der Waals surface area (Å²) in [6.45, 7) is 8.27. The molecule has 1 rings (SSSR count). The fourth-order valence-corrected chi connectivity index (χ4v) is 2.77. The Labute approximate surface area is 128 Å². The van der Waals surface area contributed by atoms with E-state index in [0.717, 1.165) is 0 Å². The van der Waals surface area contributed by atoms with Gasteiger partial charge in [-0.1, -0.05) is 20.8 Å². The molecule has 7 nitrogen and oxygen atoms in total. The molecule has 120 valence electrons. The van der Waals surface area contributed by atoms with E-state index in [1.54, 1.807) is 6.92 Å². The molecule has 0 spiro atoms. The monoisotopic (exact) mass is 308 g/mol. The maximum absolute atomic E-state index is 12.1. The molecule has 0 aliphatic rings. The van der Waals surface area contributed by atoms with Gasteiger partial charge in [0.15, 0.2) is 5.78 Å². The maximum Gasteiger partial charge on any atom is 0.283 e. The standard InChI is InChI=1S/C15H20N2O5/c1-6-12(18)13-9(4)14(16(19)20)11(7-8(2)3)15(10(13)5)17(21)22/h8H,6-7H2,1-5H3. The fraction of sp³-hybridized carbons (Fsp3) is 0.533. The first-order valence-corrected chi connectivity index (χ1v) is 7.11. The van der Waals surface area contributed by atoms with E-state index in [4.69, 9.17) is 0 Å². The Morgan fingerprint density at radius 3 is 1.73 bits per heavy atom. The number of rotatable bonds is 6. The molecule has 1 aromatic rings. The summed E-state index contributed by atoms with van der Waals surface area (Å²) in [5.41, 5.74) is 0.0397. The number of hydrogen-bond acceptors (Lipinski definition) is 5. The average Bonchev–Trinajstić information content (AvgIpc) is 2.36. The van der Waals surface area contributed by atoms with Crippen molar-refractivity contribution in [3.8, 4) is 0 Å². The third kappa shape index (κ3) is 3.13. The second-order valence-electron chi connectivity index (χ2n) is 5.69. The van der Waals surface area contributed by atoms with Crippen LogP contribution in [0.1, 0.15) is 54.2 Å². The molecular weight excluding hydrogens is 288 g/mol. The van der Waals surface area contributed by atoms with Gasteiger partial charge >= 0.3 is 0 Å². The third-order valence-corrected chi connectivity index (χ3v) is 3.61. The van der Waals surface area contributed by atoms with Crippen molar-refractivity contribution >= 4 is 17.2 Å². The summed E-state index contributed by atoms with van der Waals surface area (Å²) in [5.74, 6) is -0.304. The van der Waals surface area contributed by atoms with Crippen molar-refractivity contribution in [1.29, 1.82) is 0 Å². The highest BCUT2D eigenvalue weighted by atomic mass is 16.6. The minimum Gasteiger partial charge on any atom is -0.294 e. The summed E-state index contributed by atoms with van der Waals surface area (Å²) < 4.78 is 0. The number of ketones is 1. The van der Waals surface area contributed by atoms with Crippen LogP contribution in [0.4, 0.5) is 11.4 Å². The molecule has 0 saturated carbocycles. The van der Waals surface area contributed by atoms with Gasteiger partial charge in [0.2, 0.25) is 0 Å². The van der Waals surface area contributed by atoms with Gasteiger partial charge < -0.3 is 0 Å². The van der Waals surface area contributed by atoms with Crippen molar-refractivity contribution in [2.24, 2.45) is 5.92 Å². The normalized spacial score (nSPS) is 10.8. The molecule has 0 aliphatic carbocycles. The van der Waals surface area contributed by atoms with Crippen molar-refractivity contribution in [2.45, 2.75) is 47.5 Å². The second kappa shape index (κ2) is 6.64. The van der Waals surface area contributed by atoms with Crippen LogP contribution in [0.15, 0.2) is 0 Å². The maximum atomic E-state index is 12.1. The summed E-state index contributed by atoms with van der Waals surface area (Å²) >= 11 is 0. The predicted molar refractivity (Wildman–Crippen MR) is 82.4 cm³/mol. The van der Waals surface area contributed by atoms with Crippen LogP contribution in [0.3, 0.4) is 0 Å². The van der Waals surface area contributed by atoms with Gasteiger partial charge in [0.1, 0.15) is 5.56 Å². The van der Waals surface area contributed by atoms with Crippen LogP contribution in [0.25, 0.3) is 0 Å². The average molecular weight is 308 g/mol. The first-order valence-electron chi connectivity index (χ1n) is 7.11. The Hall–Kier alpha value is -2.31. The number of Topliss-reactive ketones (excluding diaryl/α,β-unsaturated/α-hetero) is 1. The fourth-order valence-electron chi connectivity index (χ4n) is 2.77. The first-order chi connectivity index (χ1) is 10.1. The van der Waals surface area contributed by atoms with E-state index in [0.29, 0.717) is 0 Å². The predicted octanol–water partition coefficient (Wildman–Crippen LogP) is 3.91. The van der Waals surface area contributed by atoms with E-state index < -0.39 is 9.85 Å². The van der Waals surface area contributed by atoms with Crippen molar-refractivity contribution < 1.29 is 14.6 Å². The number of carbonyl (C=O) groups excluding carboxylic acids is 1. The van der Waals surface area contributed by atoms with Gasteiger partial charge in [0.25, 0.3) is 11.4 Å². The second-order valence-corrected chi connectivity index (χ2v) is 5.69. The van der Waals surface area contributed by atoms with Crippen LogP contribution in [-0.2, 0) is 6.42 Å². The Kier molecular flexibility index (Phi) is 5.35. The van der Waals surface area contributed by atoms with E-state index in [2.05, 4.69) is 0 Å². The first kappa shape index (κ1) is 17.7. The SMILES string of the molecule is CCC(=O)c1c(C)c([N+](=O)[O-])c(CC(C)C)c([N+](=O)[O-])c1C. The summed E-state index contributed by atoms with van der Waals surface area (Å²) in [7, 11) is 0. The summed E-state index contributed by atoms with van der Waals surface area (Å²) in [6, 6.07) is 0. The van der Waals surface area contributed by atoms with Crippen LogP contribution >= 0.6 is 0 Å². The molecule has 0 radical (unpaired) electrons. The van der Waals surface area contributed by atoms with E-state index in [-0.39, 0.29) is 58.2 Å². The third-order valence-electron chi connectivity index (χ3n) is 3.61. The Morgan fingerprint density at radius 2 is 1.45 bits per heavy atom. The highest BCUT2D eigenvalue weighted by molar-refractivity contribution is 6.01.